The number of imide groups is 1. The minimum atomic E-state index is -0.252. The minimum Gasteiger partial charge on any atom is -0.496 e. The minimum absolute atomic E-state index is 0.252. The van der Waals surface area contributed by atoms with Gasteiger partial charge in [-0.05, 0) is 36.6 Å². The summed E-state index contributed by atoms with van der Waals surface area (Å²) in [5, 5.41) is 0. The van der Waals surface area contributed by atoms with Gasteiger partial charge in [-0.1, -0.05) is 31.2 Å². The topological polar surface area (TPSA) is 49.9 Å². The summed E-state index contributed by atoms with van der Waals surface area (Å²) in [4.78, 5) is 29.3. The number of ether oxygens (including phenoxy) is 1. The molecule has 0 fully saturated rings. The van der Waals surface area contributed by atoms with Gasteiger partial charge in [-0.25, -0.2) is 4.90 Å². The van der Waals surface area contributed by atoms with Gasteiger partial charge in [0.1, 0.15) is 5.76 Å². The molecule has 144 valence electrons. The summed E-state index contributed by atoms with van der Waals surface area (Å²) in [7, 11) is 3.99. The molecule has 2 amide bonds. The van der Waals surface area contributed by atoms with Crippen LogP contribution in [0.3, 0.4) is 0 Å². The summed E-state index contributed by atoms with van der Waals surface area (Å²) in [6.45, 7) is 2.77. The second-order valence-corrected chi connectivity index (χ2v) is 7.31. The SMILES string of the molecule is CCCOC1=C(N(C)C)c2cccc(N3C(=O)c4ccccc4C3=O)c2CC1. The zero-order valence-corrected chi connectivity index (χ0v) is 16.5. The summed E-state index contributed by atoms with van der Waals surface area (Å²) in [6.07, 6.45) is 2.43. The Kier molecular flexibility index (Phi) is 4.67. The zero-order valence-electron chi connectivity index (χ0n) is 16.5. The van der Waals surface area contributed by atoms with Gasteiger partial charge in [0, 0.05) is 26.1 Å². The lowest BCUT2D eigenvalue weighted by Gasteiger charge is -2.30. The fourth-order valence-corrected chi connectivity index (χ4v) is 4.04. The number of benzene rings is 2. The van der Waals surface area contributed by atoms with Gasteiger partial charge >= 0.3 is 0 Å². The fourth-order valence-electron chi connectivity index (χ4n) is 4.04. The lowest BCUT2D eigenvalue weighted by molar-refractivity contribution is 0.0926. The lowest BCUT2D eigenvalue weighted by Crippen LogP contribution is -2.31. The maximum absolute atomic E-state index is 13.0. The zero-order chi connectivity index (χ0) is 19.8. The molecule has 2 aromatic rings. The van der Waals surface area contributed by atoms with E-state index in [2.05, 4.69) is 11.8 Å². The number of carbonyl (C=O) groups is 2. The van der Waals surface area contributed by atoms with Crippen LogP contribution in [0.4, 0.5) is 5.69 Å². The first kappa shape index (κ1) is 18.3. The molecule has 0 spiro atoms. The van der Waals surface area contributed by atoms with Crippen LogP contribution in [-0.2, 0) is 11.2 Å². The van der Waals surface area contributed by atoms with Crippen molar-refractivity contribution in [1.29, 1.82) is 0 Å². The summed E-state index contributed by atoms with van der Waals surface area (Å²) < 4.78 is 6.01. The third-order valence-corrected chi connectivity index (χ3v) is 5.24. The van der Waals surface area contributed by atoms with E-state index >= 15 is 0 Å². The molecule has 1 aliphatic carbocycles. The Morgan fingerprint density at radius 3 is 2.18 bits per heavy atom. The number of anilines is 1. The molecule has 0 aromatic heterocycles. The molecule has 0 saturated carbocycles. The monoisotopic (exact) mass is 376 g/mol. The van der Waals surface area contributed by atoms with Crippen LogP contribution in [0, 0.1) is 0 Å². The van der Waals surface area contributed by atoms with Gasteiger partial charge in [0.15, 0.2) is 0 Å². The number of fused-ring (bicyclic) bond motifs is 2. The van der Waals surface area contributed by atoms with Crippen LogP contribution < -0.4 is 4.90 Å². The van der Waals surface area contributed by atoms with E-state index in [0.29, 0.717) is 23.4 Å². The first-order valence-electron chi connectivity index (χ1n) is 9.68. The predicted molar refractivity (Wildman–Crippen MR) is 109 cm³/mol. The Labute approximate surface area is 165 Å². The highest BCUT2D eigenvalue weighted by Gasteiger charge is 2.38. The molecule has 4 rings (SSSR count). The molecular formula is C23H24N2O3. The van der Waals surface area contributed by atoms with Crippen molar-refractivity contribution in [1.82, 2.24) is 4.90 Å². The van der Waals surface area contributed by atoms with Crippen molar-refractivity contribution in [2.24, 2.45) is 0 Å². The second kappa shape index (κ2) is 7.15. The molecule has 0 unspecified atom stereocenters. The molecule has 0 N–H and O–H groups in total. The Balaban J connectivity index is 1.82. The second-order valence-electron chi connectivity index (χ2n) is 7.31. The van der Waals surface area contributed by atoms with Crippen molar-refractivity contribution in [3.8, 4) is 0 Å². The number of hydrogen-bond acceptors (Lipinski definition) is 4. The molecule has 0 bridgehead atoms. The molecule has 0 saturated heterocycles. The molecule has 5 nitrogen and oxygen atoms in total. The summed E-state index contributed by atoms with van der Waals surface area (Å²) in [6, 6.07) is 12.8. The Morgan fingerprint density at radius 1 is 0.929 bits per heavy atom. The normalized spacial score (nSPS) is 15.6. The Bertz CT molecular complexity index is 956. The summed E-state index contributed by atoms with van der Waals surface area (Å²) in [5.74, 6) is 0.466. The highest BCUT2D eigenvalue weighted by molar-refractivity contribution is 6.34. The van der Waals surface area contributed by atoms with Gasteiger partial charge in [0.05, 0.1) is 29.1 Å². The average Bonchev–Trinajstić information content (AvgIpc) is 2.96. The van der Waals surface area contributed by atoms with Gasteiger partial charge in [0.2, 0.25) is 0 Å². The maximum atomic E-state index is 13.0. The van der Waals surface area contributed by atoms with Crippen molar-refractivity contribution in [2.75, 3.05) is 25.6 Å². The van der Waals surface area contributed by atoms with Crippen LogP contribution in [0.1, 0.15) is 51.6 Å². The van der Waals surface area contributed by atoms with E-state index in [1.165, 1.54) is 4.90 Å². The number of allylic oxidation sites excluding steroid dienone is 1. The van der Waals surface area contributed by atoms with Crippen molar-refractivity contribution >= 4 is 23.2 Å². The van der Waals surface area contributed by atoms with E-state index in [-0.39, 0.29) is 11.8 Å². The molecule has 2 aromatic carbocycles. The van der Waals surface area contributed by atoms with Gasteiger partial charge in [-0.3, -0.25) is 9.59 Å². The third-order valence-electron chi connectivity index (χ3n) is 5.24. The molecular weight excluding hydrogens is 352 g/mol. The van der Waals surface area contributed by atoms with Crippen molar-refractivity contribution in [2.45, 2.75) is 26.2 Å². The first-order chi connectivity index (χ1) is 13.5. The van der Waals surface area contributed by atoms with Gasteiger partial charge in [-0.2, -0.15) is 0 Å². The van der Waals surface area contributed by atoms with Crippen LogP contribution in [-0.4, -0.2) is 37.4 Å². The van der Waals surface area contributed by atoms with Crippen LogP contribution in [0.15, 0.2) is 48.2 Å². The quantitative estimate of drug-likeness (QED) is 0.738. The third kappa shape index (κ3) is 2.78. The van der Waals surface area contributed by atoms with Crippen molar-refractivity contribution in [3.05, 3.63) is 70.5 Å². The lowest BCUT2D eigenvalue weighted by atomic mass is 9.91. The number of amides is 2. The number of carbonyl (C=O) groups excluding carboxylic acids is 2. The number of nitrogens with zero attached hydrogens (tertiary/aromatic N) is 2. The fraction of sp³-hybridized carbons (Fsp3) is 0.304. The highest BCUT2D eigenvalue weighted by atomic mass is 16.5. The molecule has 0 radical (unpaired) electrons. The van der Waals surface area contributed by atoms with E-state index < -0.39 is 0 Å². The molecule has 1 heterocycles. The predicted octanol–water partition coefficient (Wildman–Crippen LogP) is 4.09. The molecule has 28 heavy (non-hydrogen) atoms. The van der Waals surface area contributed by atoms with Crippen LogP contribution >= 0.6 is 0 Å². The average molecular weight is 376 g/mol. The largest absolute Gasteiger partial charge is 0.496 e. The van der Waals surface area contributed by atoms with Crippen LogP contribution in [0.5, 0.6) is 0 Å². The molecule has 5 heteroatoms. The Hall–Kier alpha value is -3.08. The Morgan fingerprint density at radius 2 is 1.57 bits per heavy atom. The van der Waals surface area contributed by atoms with Crippen LogP contribution in [0.2, 0.25) is 0 Å². The number of hydrogen-bond donors (Lipinski definition) is 0. The maximum Gasteiger partial charge on any atom is 0.266 e. The number of rotatable bonds is 5. The van der Waals surface area contributed by atoms with E-state index in [1.807, 2.05) is 32.3 Å². The van der Waals surface area contributed by atoms with E-state index in [9.17, 15) is 9.59 Å². The van der Waals surface area contributed by atoms with Gasteiger partial charge < -0.3 is 9.64 Å². The molecule has 2 aliphatic rings. The molecule has 1 aliphatic heterocycles. The smallest absolute Gasteiger partial charge is 0.266 e. The van der Waals surface area contributed by atoms with Gasteiger partial charge in [0.25, 0.3) is 11.8 Å². The summed E-state index contributed by atoms with van der Waals surface area (Å²) >= 11 is 0. The van der Waals surface area contributed by atoms with E-state index in [1.54, 1.807) is 24.3 Å². The van der Waals surface area contributed by atoms with Crippen molar-refractivity contribution < 1.29 is 14.3 Å². The van der Waals surface area contributed by atoms with Gasteiger partial charge in [-0.15, -0.1) is 0 Å². The van der Waals surface area contributed by atoms with E-state index in [0.717, 1.165) is 41.8 Å². The van der Waals surface area contributed by atoms with Crippen molar-refractivity contribution in [3.63, 3.8) is 0 Å². The highest BCUT2D eigenvalue weighted by Crippen LogP contribution is 2.40. The standard InChI is InChI=1S/C23H24N2O3/c1-4-14-28-20-13-12-15-16(21(20)24(2)3)10-7-11-19(15)25-22(26)17-8-5-6-9-18(17)23(25)27/h5-11H,4,12-14H2,1-3H3. The molecule has 0 atom stereocenters. The first-order valence-corrected chi connectivity index (χ1v) is 9.68. The van der Waals surface area contributed by atoms with Crippen LogP contribution in [0.25, 0.3) is 5.70 Å². The van der Waals surface area contributed by atoms with E-state index in [4.69, 9.17) is 4.74 Å². The summed E-state index contributed by atoms with van der Waals surface area (Å²) in [5.41, 5.74) is 4.68.